The van der Waals surface area contributed by atoms with Gasteiger partial charge in [0.15, 0.2) is 41.3 Å². The smallest absolute Gasteiger partial charge is 0.303 e. The van der Waals surface area contributed by atoms with Gasteiger partial charge in [-0.1, -0.05) is 0 Å². The minimum absolute atomic E-state index is 0.591. The van der Waals surface area contributed by atoms with Gasteiger partial charge in [-0.25, -0.2) is 4.39 Å². The summed E-state index contributed by atoms with van der Waals surface area (Å²) in [7, 11) is 0. The summed E-state index contributed by atoms with van der Waals surface area (Å²) in [6, 6.07) is 0. The predicted molar refractivity (Wildman–Crippen MR) is 135 cm³/mol. The van der Waals surface area contributed by atoms with Crippen LogP contribution in [0.25, 0.3) is 0 Å². The molecule has 3 N–H and O–H groups in total. The van der Waals surface area contributed by atoms with E-state index >= 15 is 0 Å². The molecule has 0 aliphatic carbocycles. The van der Waals surface area contributed by atoms with Gasteiger partial charge in [0.05, 0.1) is 0 Å². The molecule has 0 saturated carbocycles. The molecule has 0 aromatic rings. The lowest BCUT2D eigenvalue weighted by Crippen LogP contribution is -2.86. The minimum Gasteiger partial charge on any atom is -0.463 e. The lowest BCUT2D eigenvalue weighted by Gasteiger charge is -2.57. The molecule has 2 saturated heterocycles. The van der Waals surface area contributed by atoms with Crippen molar-refractivity contribution in [2.45, 2.75) is 108 Å². The van der Waals surface area contributed by atoms with E-state index in [0.29, 0.717) is 20.8 Å². The Balaban J connectivity index is 2.79. The van der Waals surface area contributed by atoms with Gasteiger partial charge in [-0.3, -0.25) is 33.6 Å². The van der Waals surface area contributed by atoms with Crippen molar-refractivity contribution >= 4 is 41.2 Å². The number of hydrogen-bond acceptors (Lipinski definition) is 17. The van der Waals surface area contributed by atoms with E-state index in [9.17, 15) is 53.3 Å². The summed E-state index contributed by atoms with van der Waals surface area (Å²) < 4.78 is 51.5. The van der Waals surface area contributed by atoms with Gasteiger partial charge in [0.2, 0.25) is 23.8 Å². The molecular formula is C26H35FO17. The second-order valence-electron chi connectivity index (χ2n) is 10.2. The van der Waals surface area contributed by atoms with Crippen molar-refractivity contribution in [3.05, 3.63) is 0 Å². The average molecular weight is 639 g/mol. The third kappa shape index (κ3) is 6.50. The third-order valence-electron chi connectivity index (χ3n) is 7.13. The highest BCUT2D eigenvalue weighted by Crippen LogP contribution is 2.48. The van der Waals surface area contributed by atoms with Crippen molar-refractivity contribution in [1.29, 1.82) is 0 Å². The number of esters is 4. The SMILES string of the molecule is CC(=O)OC[C@H]1O[C@H](O[C@@H]2O[C@H](CF)[C@](O)(C(C)=O)[C@@](O)(C(C)=O)[C@]2(O)C(C)=O)[C@H](OC(C)=O)[C@@H](OC(C)=O)[C@@H]1OC(C)=O. The van der Waals surface area contributed by atoms with Crippen LogP contribution in [0.4, 0.5) is 4.39 Å². The zero-order valence-corrected chi connectivity index (χ0v) is 24.9. The highest BCUT2D eigenvalue weighted by molar-refractivity contribution is 6.05. The molecule has 0 radical (unpaired) electrons. The first-order valence-electron chi connectivity index (χ1n) is 13.1. The summed E-state index contributed by atoms with van der Waals surface area (Å²) in [4.78, 5) is 86.0. The van der Waals surface area contributed by atoms with Crippen LogP contribution < -0.4 is 0 Å². The van der Waals surface area contributed by atoms with E-state index in [-0.39, 0.29) is 0 Å². The maximum atomic E-state index is 14.3. The summed E-state index contributed by atoms with van der Waals surface area (Å²) in [5, 5.41) is 34.3. The van der Waals surface area contributed by atoms with Crippen molar-refractivity contribution in [1.82, 2.24) is 0 Å². The number of halogens is 1. The molecular weight excluding hydrogens is 603 g/mol. The third-order valence-corrected chi connectivity index (χ3v) is 7.13. The molecule has 248 valence electrons. The minimum atomic E-state index is -3.80. The van der Waals surface area contributed by atoms with E-state index in [4.69, 9.17) is 33.2 Å². The summed E-state index contributed by atoms with van der Waals surface area (Å²) in [6.45, 7) is 3.18. The molecule has 2 rings (SSSR count). The van der Waals surface area contributed by atoms with E-state index in [1.165, 1.54) is 0 Å². The van der Waals surface area contributed by atoms with Crippen molar-refractivity contribution in [3.63, 3.8) is 0 Å². The van der Waals surface area contributed by atoms with E-state index in [2.05, 4.69) is 0 Å². The first-order chi connectivity index (χ1) is 20.2. The van der Waals surface area contributed by atoms with Crippen LogP contribution in [0.5, 0.6) is 0 Å². The van der Waals surface area contributed by atoms with Crippen LogP contribution in [0.2, 0.25) is 0 Å². The Labute approximate surface area is 249 Å². The normalized spacial score (nSPS) is 36.8. The monoisotopic (exact) mass is 638 g/mol. The van der Waals surface area contributed by atoms with Crippen molar-refractivity contribution in [2.75, 3.05) is 13.3 Å². The number of carbonyl (C=O) groups excluding carboxylic acids is 7. The highest BCUT2D eigenvalue weighted by atomic mass is 19.1. The number of hydrogen-bond donors (Lipinski definition) is 3. The van der Waals surface area contributed by atoms with Gasteiger partial charge < -0.3 is 48.5 Å². The van der Waals surface area contributed by atoms with Crippen LogP contribution in [-0.4, -0.2) is 130 Å². The average Bonchev–Trinajstić information content (AvgIpc) is 2.89. The Kier molecular flexibility index (Phi) is 11.4. The summed E-state index contributed by atoms with van der Waals surface area (Å²) >= 11 is 0. The zero-order valence-electron chi connectivity index (χ0n) is 24.9. The fourth-order valence-electron chi connectivity index (χ4n) is 5.18. The molecule has 2 heterocycles. The molecule has 0 aromatic heterocycles. The van der Waals surface area contributed by atoms with E-state index in [0.717, 1.165) is 27.7 Å². The molecule has 2 aliphatic rings. The standard InChI is InChI=1S/C26H35FO17/c1-10(28)24(35)18(8-27)43-23(25(36,11(2)29)26(24,37)12(3)30)44-22-21(41-16(7)34)20(40-15(6)33)19(39-14(5)32)17(42-22)9-38-13(4)31/h17-23,35-37H,8-9H2,1-7H3/t17-,18-,19-,20+,21-,22-,23+,24-,25+,26+/m1/s1. The van der Waals surface area contributed by atoms with Crippen LogP contribution in [-0.2, 0) is 66.7 Å². The van der Waals surface area contributed by atoms with Crippen molar-refractivity contribution in [2.24, 2.45) is 0 Å². The fourth-order valence-corrected chi connectivity index (χ4v) is 5.18. The topological polar surface area (TPSA) is 245 Å². The van der Waals surface area contributed by atoms with Gasteiger partial charge in [-0.05, 0) is 20.8 Å². The lowest BCUT2D eigenvalue weighted by molar-refractivity contribution is -0.408. The van der Waals surface area contributed by atoms with Gasteiger partial charge in [-0.2, -0.15) is 0 Å². The first-order valence-corrected chi connectivity index (χ1v) is 13.1. The quantitative estimate of drug-likeness (QED) is 0.160. The Morgan fingerprint density at radius 1 is 0.659 bits per heavy atom. The number of aliphatic hydroxyl groups is 3. The molecule has 18 heteroatoms. The van der Waals surface area contributed by atoms with E-state index in [1.54, 1.807) is 0 Å². The zero-order chi connectivity index (χ0) is 33.9. The number of ether oxygens (including phenoxy) is 7. The molecule has 17 nitrogen and oxygen atoms in total. The summed E-state index contributed by atoms with van der Waals surface area (Å²) in [6.07, 6.45) is -14.3. The Bertz CT molecular complexity index is 1190. The van der Waals surface area contributed by atoms with Crippen LogP contribution in [0.3, 0.4) is 0 Å². The molecule has 0 amide bonds. The highest BCUT2D eigenvalue weighted by Gasteiger charge is 2.79. The molecule has 2 fully saturated rings. The molecule has 44 heavy (non-hydrogen) atoms. The Morgan fingerprint density at radius 3 is 1.55 bits per heavy atom. The second kappa shape index (κ2) is 13.7. The van der Waals surface area contributed by atoms with Crippen LogP contribution in [0.15, 0.2) is 0 Å². The first kappa shape index (κ1) is 36.8. The van der Waals surface area contributed by atoms with Crippen LogP contribution in [0, 0.1) is 0 Å². The Morgan fingerprint density at radius 2 is 1.14 bits per heavy atom. The maximum absolute atomic E-state index is 14.3. The van der Waals surface area contributed by atoms with Crippen molar-refractivity contribution < 1.29 is 86.4 Å². The number of alkyl halides is 1. The predicted octanol–water partition coefficient (Wildman–Crippen LogP) is -2.26. The molecule has 0 bridgehead atoms. The lowest BCUT2D eigenvalue weighted by atomic mass is 9.61. The molecule has 10 atom stereocenters. The van der Waals surface area contributed by atoms with Gasteiger partial charge in [-0.15, -0.1) is 0 Å². The Hall–Kier alpha value is -3.42. The number of carbonyl (C=O) groups is 7. The summed E-state index contributed by atoms with van der Waals surface area (Å²) in [5.41, 5.74) is -11.0. The molecule has 0 aromatic carbocycles. The number of Topliss-reactive ketones (excluding diaryl/α,β-unsaturated/α-hetero) is 3. The second-order valence-corrected chi connectivity index (χ2v) is 10.2. The van der Waals surface area contributed by atoms with E-state index in [1.807, 2.05) is 0 Å². The fraction of sp³-hybridized carbons (Fsp3) is 0.731. The largest absolute Gasteiger partial charge is 0.463 e. The van der Waals surface area contributed by atoms with Crippen LogP contribution >= 0.6 is 0 Å². The molecule has 0 spiro atoms. The van der Waals surface area contributed by atoms with Gasteiger partial charge in [0.25, 0.3) is 0 Å². The van der Waals surface area contributed by atoms with Gasteiger partial charge in [0, 0.05) is 27.7 Å². The maximum Gasteiger partial charge on any atom is 0.303 e. The van der Waals surface area contributed by atoms with Gasteiger partial charge in [0.1, 0.15) is 25.5 Å². The molecule has 0 unspecified atom stereocenters. The molecule has 2 aliphatic heterocycles. The van der Waals surface area contributed by atoms with Gasteiger partial charge >= 0.3 is 23.9 Å². The number of rotatable bonds is 11. The van der Waals surface area contributed by atoms with E-state index < -0.39 is 114 Å². The van der Waals surface area contributed by atoms with Crippen molar-refractivity contribution in [3.8, 4) is 0 Å². The summed E-state index contributed by atoms with van der Waals surface area (Å²) in [5.74, 6) is -8.45. The number of ketones is 3. The van der Waals surface area contributed by atoms with Crippen LogP contribution in [0.1, 0.15) is 48.5 Å².